The van der Waals surface area contributed by atoms with Crippen LogP contribution < -0.4 is 5.43 Å². The predicted octanol–water partition coefficient (Wildman–Crippen LogP) is 0.893. The minimum absolute atomic E-state index is 0.220. The molecule has 1 aromatic heterocycles. The molecule has 1 heterocycles. The normalized spacial score (nSPS) is 10.8. The maximum absolute atomic E-state index is 7.02. The summed E-state index contributed by atoms with van der Waals surface area (Å²) in [6.45, 7) is 7.02. The number of aromatic nitrogens is 4. The van der Waals surface area contributed by atoms with Crippen LogP contribution in [0.4, 0.5) is 5.95 Å². The summed E-state index contributed by atoms with van der Waals surface area (Å²) in [4.78, 5) is 3.31. The van der Waals surface area contributed by atoms with Crippen molar-refractivity contribution in [3.05, 3.63) is 47.3 Å². The molecule has 2 N–H and O–H groups in total. The third kappa shape index (κ3) is 2.19. The van der Waals surface area contributed by atoms with Crippen molar-refractivity contribution < 1.29 is 0 Å². The molecule has 0 saturated carbocycles. The summed E-state index contributed by atoms with van der Waals surface area (Å²) < 4.78 is 0. The van der Waals surface area contributed by atoms with E-state index < -0.39 is 0 Å². The monoisotopic (exact) mass is 213 g/mol. The Kier molecular flexibility index (Phi) is 2.85. The predicted molar refractivity (Wildman–Crippen MR) is 57.4 cm³/mol. The zero-order valence-electron chi connectivity index (χ0n) is 8.12. The third-order valence-electron chi connectivity index (χ3n) is 1.75. The minimum Gasteiger partial charge on any atom is -0.358 e. The van der Waals surface area contributed by atoms with Gasteiger partial charge in [0.15, 0.2) is 0 Å². The van der Waals surface area contributed by atoms with E-state index in [0.717, 1.165) is 5.56 Å². The molecule has 0 unspecified atom stereocenters. The van der Waals surface area contributed by atoms with E-state index in [1.165, 1.54) is 0 Å². The van der Waals surface area contributed by atoms with E-state index in [9.17, 15) is 0 Å². The quantitative estimate of drug-likeness (QED) is 0.343. The Bertz CT molecular complexity index is 509. The van der Waals surface area contributed by atoms with Gasteiger partial charge in [0.25, 0.3) is 5.95 Å². The highest BCUT2D eigenvalue weighted by molar-refractivity contribution is 6.06. The van der Waals surface area contributed by atoms with Gasteiger partial charge in [0.2, 0.25) is 0 Å². The lowest BCUT2D eigenvalue weighted by molar-refractivity contribution is 0.881. The van der Waals surface area contributed by atoms with E-state index in [-0.39, 0.29) is 11.8 Å². The van der Waals surface area contributed by atoms with Crippen LogP contribution in [-0.4, -0.2) is 26.5 Å². The van der Waals surface area contributed by atoms with Gasteiger partial charge in [-0.05, 0) is 10.3 Å². The fourth-order valence-corrected chi connectivity index (χ4v) is 1.05. The summed E-state index contributed by atoms with van der Waals surface area (Å²) in [5.74, 6) is 0.461. The van der Waals surface area contributed by atoms with Gasteiger partial charge < -0.3 is 4.85 Å². The molecule has 7 heteroatoms. The second kappa shape index (κ2) is 4.65. The Morgan fingerprint density at radius 1 is 1.38 bits per heavy atom. The summed E-state index contributed by atoms with van der Waals surface area (Å²) in [6, 6.07) is 9.15. The van der Waals surface area contributed by atoms with E-state index >= 15 is 0 Å². The number of tetrazole rings is 1. The Balaban J connectivity index is 2.18. The van der Waals surface area contributed by atoms with Crippen LogP contribution in [0, 0.1) is 6.57 Å². The second-order valence-electron chi connectivity index (χ2n) is 2.76. The molecule has 2 aromatic rings. The molecule has 0 atom stereocenters. The van der Waals surface area contributed by atoms with Gasteiger partial charge >= 0.3 is 5.84 Å². The molecule has 0 aliphatic rings. The summed E-state index contributed by atoms with van der Waals surface area (Å²) >= 11 is 0. The molecule has 78 valence electrons. The summed E-state index contributed by atoms with van der Waals surface area (Å²) in [5.41, 5.74) is 3.26. The van der Waals surface area contributed by atoms with Crippen molar-refractivity contribution in [1.82, 2.24) is 20.6 Å². The first-order valence-electron chi connectivity index (χ1n) is 4.40. The van der Waals surface area contributed by atoms with E-state index in [0.29, 0.717) is 0 Å². The smallest absolute Gasteiger partial charge is 0.300 e. The van der Waals surface area contributed by atoms with Gasteiger partial charge in [0, 0.05) is 5.56 Å². The zero-order valence-corrected chi connectivity index (χ0v) is 8.12. The maximum Gasteiger partial charge on any atom is 0.300 e. The van der Waals surface area contributed by atoms with Gasteiger partial charge in [-0.3, -0.25) is 0 Å². The summed E-state index contributed by atoms with van der Waals surface area (Å²) in [7, 11) is 0. The van der Waals surface area contributed by atoms with Gasteiger partial charge in [0.05, 0.1) is 0 Å². The number of rotatable bonds is 3. The van der Waals surface area contributed by atoms with Crippen molar-refractivity contribution in [2.75, 3.05) is 5.43 Å². The van der Waals surface area contributed by atoms with Gasteiger partial charge in [-0.1, -0.05) is 42.0 Å². The SMILES string of the molecule is [C-]#[N+]/C(=N\Nc1nn[nH]n1)c1ccccc1. The number of H-pyrrole nitrogens is 1. The number of amidine groups is 1. The average molecular weight is 213 g/mol. The highest BCUT2D eigenvalue weighted by Crippen LogP contribution is 2.03. The number of hydrazone groups is 1. The van der Waals surface area contributed by atoms with Crippen LogP contribution in [0.5, 0.6) is 0 Å². The van der Waals surface area contributed by atoms with Gasteiger partial charge in [0.1, 0.15) is 0 Å². The topological polar surface area (TPSA) is 83.2 Å². The van der Waals surface area contributed by atoms with Crippen LogP contribution in [0.2, 0.25) is 0 Å². The van der Waals surface area contributed by atoms with E-state index in [1.807, 2.05) is 18.2 Å². The van der Waals surface area contributed by atoms with E-state index in [1.54, 1.807) is 12.1 Å². The average Bonchev–Trinajstić information content (AvgIpc) is 2.84. The second-order valence-corrected chi connectivity index (χ2v) is 2.76. The molecule has 1 aromatic carbocycles. The van der Waals surface area contributed by atoms with Crippen molar-refractivity contribution in [2.45, 2.75) is 0 Å². The largest absolute Gasteiger partial charge is 0.358 e. The molecule has 0 saturated heterocycles. The van der Waals surface area contributed by atoms with Crippen molar-refractivity contribution in [2.24, 2.45) is 5.10 Å². The van der Waals surface area contributed by atoms with Gasteiger partial charge in [-0.25, -0.2) is 0 Å². The number of anilines is 1. The first-order chi connectivity index (χ1) is 7.90. The van der Waals surface area contributed by atoms with Crippen LogP contribution >= 0.6 is 0 Å². The molecule has 0 amide bonds. The fourth-order valence-electron chi connectivity index (χ4n) is 1.05. The van der Waals surface area contributed by atoms with Crippen molar-refractivity contribution in [3.8, 4) is 0 Å². The van der Waals surface area contributed by atoms with Crippen molar-refractivity contribution in [1.29, 1.82) is 0 Å². The summed E-state index contributed by atoms with van der Waals surface area (Å²) in [5, 5.41) is 16.8. The van der Waals surface area contributed by atoms with Crippen LogP contribution in [0.1, 0.15) is 5.56 Å². The van der Waals surface area contributed by atoms with Crippen molar-refractivity contribution >= 4 is 11.8 Å². The minimum atomic E-state index is 0.220. The van der Waals surface area contributed by atoms with Crippen LogP contribution in [-0.2, 0) is 0 Å². The number of nitrogens with one attached hydrogen (secondary N) is 2. The molecule has 0 aliphatic heterocycles. The van der Waals surface area contributed by atoms with E-state index in [4.69, 9.17) is 6.57 Å². The Morgan fingerprint density at radius 3 is 2.81 bits per heavy atom. The molecular formula is C9H7N7. The number of hydrogen-bond donors (Lipinski definition) is 2. The first kappa shape index (κ1) is 9.79. The zero-order chi connectivity index (χ0) is 11.2. The van der Waals surface area contributed by atoms with E-state index in [2.05, 4.69) is 36.0 Å². The molecule has 0 bridgehead atoms. The molecule has 0 fully saturated rings. The molecule has 16 heavy (non-hydrogen) atoms. The number of hydrogen-bond acceptors (Lipinski definition) is 5. The number of aromatic amines is 1. The standard InChI is InChI=1S/C9H7N7/c1-10-8(7-5-3-2-4-6-7)11-12-9-13-15-16-14-9/h2-6H,(H2,12,13,14,15,16)/b11-8-. The Hall–Kier alpha value is -2.75. The fraction of sp³-hybridized carbons (Fsp3) is 0. The lowest BCUT2D eigenvalue weighted by Crippen LogP contribution is -2.00. The lowest BCUT2D eigenvalue weighted by atomic mass is 10.2. The number of benzene rings is 1. The summed E-state index contributed by atoms with van der Waals surface area (Å²) in [6.07, 6.45) is 0. The molecule has 2 rings (SSSR count). The molecule has 7 nitrogen and oxygen atoms in total. The molecular weight excluding hydrogens is 206 g/mol. The maximum atomic E-state index is 7.02. The van der Waals surface area contributed by atoms with Crippen LogP contribution in [0.25, 0.3) is 4.85 Å². The highest BCUT2D eigenvalue weighted by atomic mass is 15.5. The van der Waals surface area contributed by atoms with Gasteiger partial charge in [-0.15, -0.1) is 5.10 Å². The van der Waals surface area contributed by atoms with Gasteiger partial charge in [-0.2, -0.15) is 10.6 Å². The third-order valence-corrected chi connectivity index (χ3v) is 1.75. The Morgan fingerprint density at radius 2 is 2.19 bits per heavy atom. The van der Waals surface area contributed by atoms with Crippen LogP contribution in [0.15, 0.2) is 35.4 Å². The Labute approximate surface area is 91.0 Å². The molecule has 0 radical (unpaired) electrons. The molecule has 0 aliphatic carbocycles. The molecule has 0 spiro atoms. The highest BCUT2D eigenvalue weighted by Gasteiger charge is 2.03. The number of nitrogens with zero attached hydrogens (tertiary/aromatic N) is 5. The van der Waals surface area contributed by atoms with Crippen molar-refractivity contribution in [3.63, 3.8) is 0 Å². The van der Waals surface area contributed by atoms with Crippen LogP contribution in [0.3, 0.4) is 0 Å². The lowest BCUT2D eigenvalue weighted by Gasteiger charge is -1.95. The first-order valence-corrected chi connectivity index (χ1v) is 4.40.